The van der Waals surface area contributed by atoms with Crippen LogP contribution < -0.4 is 10.6 Å². The lowest BCUT2D eigenvalue weighted by atomic mass is 10.1. The summed E-state index contributed by atoms with van der Waals surface area (Å²) in [6, 6.07) is 10.3. The largest absolute Gasteiger partial charge is 0.389 e. The molecule has 0 aliphatic rings. The smallest absolute Gasteiger partial charge is 0.0340 e. The lowest BCUT2D eigenvalue weighted by Crippen LogP contribution is -2.20. The Balaban J connectivity index is 1.89. The van der Waals surface area contributed by atoms with Gasteiger partial charge >= 0.3 is 0 Å². The lowest BCUT2D eigenvalue weighted by Gasteiger charge is -2.11. The zero-order valence-corrected chi connectivity index (χ0v) is 23.5. The van der Waals surface area contributed by atoms with Gasteiger partial charge in [-0.05, 0) is 82.6 Å². The van der Waals surface area contributed by atoms with Crippen LogP contribution in [0.4, 0.5) is 0 Å². The summed E-state index contributed by atoms with van der Waals surface area (Å²) in [4.78, 5) is 0. The van der Waals surface area contributed by atoms with E-state index in [-0.39, 0.29) is 0 Å². The summed E-state index contributed by atoms with van der Waals surface area (Å²) in [6.45, 7) is 12.3. The summed E-state index contributed by atoms with van der Waals surface area (Å²) in [6.07, 6.45) is 36.4. The second-order valence-corrected chi connectivity index (χ2v) is 9.29. The van der Waals surface area contributed by atoms with E-state index < -0.39 is 0 Å². The molecule has 202 valence electrons. The highest BCUT2D eigenvalue weighted by molar-refractivity contribution is 5.61. The van der Waals surface area contributed by atoms with E-state index in [4.69, 9.17) is 0 Å². The molecule has 0 fully saturated rings. The van der Waals surface area contributed by atoms with Crippen LogP contribution in [0, 0.1) is 0 Å². The van der Waals surface area contributed by atoms with Gasteiger partial charge in [0.1, 0.15) is 0 Å². The summed E-state index contributed by atoms with van der Waals surface area (Å²) in [5.41, 5.74) is 3.25. The van der Waals surface area contributed by atoms with Crippen molar-refractivity contribution in [2.24, 2.45) is 0 Å². The van der Waals surface area contributed by atoms with Crippen LogP contribution in [-0.4, -0.2) is 13.1 Å². The molecule has 0 spiro atoms. The van der Waals surface area contributed by atoms with E-state index >= 15 is 0 Å². The predicted octanol–water partition coefficient (Wildman–Crippen LogP) is 9.83. The van der Waals surface area contributed by atoms with E-state index in [0.29, 0.717) is 0 Å². The monoisotopic (exact) mass is 500 g/mol. The zero-order valence-electron chi connectivity index (χ0n) is 23.5. The number of hydrogen-bond donors (Lipinski definition) is 2. The van der Waals surface area contributed by atoms with Crippen LogP contribution in [0.2, 0.25) is 0 Å². The molecule has 0 amide bonds. The van der Waals surface area contributed by atoms with Gasteiger partial charge in [0.15, 0.2) is 0 Å². The first kappa shape index (κ1) is 32.0. The van der Waals surface area contributed by atoms with Gasteiger partial charge in [0, 0.05) is 24.5 Å². The predicted molar refractivity (Wildman–Crippen MR) is 167 cm³/mol. The third-order valence-corrected chi connectivity index (χ3v) is 5.91. The summed E-state index contributed by atoms with van der Waals surface area (Å²) in [7, 11) is 0. The molecule has 0 saturated heterocycles. The summed E-state index contributed by atoms with van der Waals surface area (Å²) in [5.74, 6) is 0. The van der Waals surface area contributed by atoms with Crippen molar-refractivity contribution < 1.29 is 0 Å². The SMILES string of the molecule is C=C(CC/C=C\C/C=C\CCCC/C=C\CC/C=C\C/C=C\CC)NCCCNC(=C)c1ccccc1. The first-order valence-electron chi connectivity index (χ1n) is 14.4. The first-order chi connectivity index (χ1) is 18.2. The van der Waals surface area contributed by atoms with Crippen LogP contribution in [0.5, 0.6) is 0 Å². The molecule has 0 aliphatic heterocycles. The van der Waals surface area contributed by atoms with Crippen molar-refractivity contribution in [3.8, 4) is 0 Å². The Morgan fingerprint density at radius 2 is 1.16 bits per heavy atom. The first-order valence-corrected chi connectivity index (χ1v) is 14.4. The second-order valence-electron chi connectivity index (χ2n) is 9.29. The minimum atomic E-state index is 0.909. The van der Waals surface area contributed by atoms with E-state index in [1.54, 1.807) is 0 Å². The molecule has 0 radical (unpaired) electrons. The molecule has 0 bridgehead atoms. The molecular formula is C35H52N2. The second kappa shape index (κ2) is 24.7. The standard InChI is InChI=1S/C35H52N2/c1-4-5-6-7-8-9-10-11-12-13-14-15-16-17-18-19-20-21-22-24-28-33(2)36-31-27-32-37-34(3)35-29-25-23-26-30-35/h5-6,8-9,12-13,18-19,21-23,25-26,29-30,36-37H,2-4,7,10-11,14-17,20,24,27-28,31-32H2,1H3/b6-5-,9-8-,13-12-,19-18-,22-21-. The highest BCUT2D eigenvalue weighted by atomic mass is 14.9. The third-order valence-electron chi connectivity index (χ3n) is 5.91. The fourth-order valence-electron chi connectivity index (χ4n) is 3.69. The van der Waals surface area contributed by atoms with Crippen molar-refractivity contribution in [3.63, 3.8) is 0 Å². The normalized spacial score (nSPS) is 12.0. The maximum Gasteiger partial charge on any atom is 0.0340 e. The molecule has 0 unspecified atom stereocenters. The average molecular weight is 501 g/mol. The quantitative estimate of drug-likeness (QED) is 0.115. The van der Waals surface area contributed by atoms with Crippen molar-refractivity contribution in [1.29, 1.82) is 0 Å². The Kier molecular flexibility index (Phi) is 21.4. The number of allylic oxidation sites excluding steroid dienone is 11. The van der Waals surface area contributed by atoms with Gasteiger partial charge in [-0.2, -0.15) is 0 Å². The van der Waals surface area contributed by atoms with Gasteiger partial charge < -0.3 is 10.6 Å². The van der Waals surface area contributed by atoms with E-state index in [0.717, 1.165) is 81.4 Å². The molecule has 2 N–H and O–H groups in total. The number of nitrogens with one attached hydrogen (secondary N) is 2. The van der Waals surface area contributed by atoms with Crippen molar-refractivity contribution in [3.05, 3.63) is 116 Å². The van der Waals surface area contributed by atoms with Gasteiger partial charge in [-0.25, -0.2) is 0 Å². The maximum absolute atomic E-state index is 4.15. The van der Waals surface area contributed by atoms with Crippen LogP contribution >= 0.6 is 0 Å². The van der Waals surface area contributed by atoms with Crippen LogP contribution in [0.1, 0.15) is 89.5 Å². The van der Waals surface area contributed by atoms with Gasteiger partial charge in [-0.15, -0.1) is 0 Å². The van der Waals surface area contributed by atoms with Crippen molar-refractivity contribution in [1.82, 2.24) is 10.6 Å². The number of unbranched alkanes of at least 4 members (excludes halogenated alkanes) is 4. The molecule has 1 rings (SSSR count). The minimum Gasteiger partial charge on any atom is -0.389 e. The summed E-state index contributed by atoms with van der Waals surface area (Å²) < 4.78 is 0. The molecule has 0 atom stereocenters. The van der Waals surface area contributed by atoms with Gasteiger partial charge in [0.25, 0.3) is 0 Å². The highest BCUT2D eigenvalue weighted by Crippen LogP contribution is 2.08. The van der Waals surface area contributed by atoms with Crippen LogP contribution in [0.3, 0.4) is 0 Å². The zero-order chi connectivity index (χ0) is 26.7. The molecule has 0 heterocycles. The molecule has 37 heavy (non-hydrogen) atoms. The topological polar surface area (TPSA) is 24.1 Å². The van der Waals surface area contributed by atoms with E-state index in [9.17, 15) is 0 Å². The molecule has 0 aromatic heterocycles. The van der Waals surface area contributed by atoms with Crippen molar-refractivity contribution in [2.45, 2.75) is 84.0 Å². The number of hydrogen-bond acceptors (Lipinski definition) is 2. The van der Waals surface area contributed by atoms with Gasteiger partial charge in [0.2, 0.25) is 0 Å². The molecule has 2 heteroatoms. The molecule has 1 aromatic carbocycles. The number of benzene rings is 1. The Bertz CT molecular complexity index is 839. The van der Waals surface area contributed by atoms with Crippen LogP contribution in [0.15, 0.2) is 110 Å². The third kappa shape index (κ3) is 20.9. The van der Waals surface area contributed by atoms with Crippen LogP contribution in [-0.2, 0) is 0 Å². The minimum absolute atomic E-state index is 0.909. The molecule has 2 nitrogen and oxygen atoms in total. The number of rotatable bonds is 23. The van der Waals surface area contributed by atoms with E-state index in [1.807, 2.05) is 18.2 Å². The Morgan fingerprint density at radius 1 is 0.622 bits per heavy atom. The van der Waals surface area contributed by atoms with Gasteiger partial charge in [-0.1, -0.05) is 111 Å². The van der Waals surface area contributed by atoms with Gasteiger partial charge in [0.05, 0.1) is 0 Å². The van der Waals surface area contributed by atoms with E-state index in [1.165, 1.54) is 25.7 Å². The Hall–Kier alpha value is -3.00. The Morgan fingerprint density at radius 3 is 1.84 bits per heavy atom. The van der Waals surface area contributed by atoms with Crippen molar-refractivity contribution in [2.75, 3.05) is 13.1 Å². The Labute approximate surface area is 228 Å². The average Bonchev–Trinajstić information content (AvgIpc) is 2.92. The van der Waals surface area contributed by atoms with Crippen molar-refractivity contribution >= 4 is 5.70 Å². The fourth-order valence-corrected chi connectivity index (χ4v) is 3.69. The summed E-state index contributed by atoms with van der Waals surface area (Å²) >= 11 is 0. The molecular weight excluding hydrogens is 448 g/mol. The van der Waals surface area contributed by atoms with Gasteiger partial charge in [-0.3, -0.25) is 0 Å². The molecule has 0 aliphatic carbocycles. The summed E-state index contributed by atoms with van der Waals surface area (Å²) in [5, 5.41) is 6.83. The van der Waals surface area contributed by atoms with E-state index in [2.05, 4.69) is 104 Å². The fraction of sp³-hybridized carbons (Fsp3) is 0.429. The lowest BCUT2D eigenvalue weighted by molar-refractivity contribution is 0.680. The maximum atomic E-state index is 4.15. The molecule has 1 aromatic rings. The van der Waals surface area contributed by atoms with Crippen LogP contribution in [0.25, 0.3) is 5.70 Å². The highest BCUT2D eigenvalue weighted by Gasteiger charge is 1.97. The molecule has 0 saturated carbocycles.